The number of anilines is 3. The van der Waals surface area contributed by atoms with Gasteiger partial charge in [0.25, 0.3) is 5.91 Å². The molecule has 0 spiro atoms. The maximum absolute atomic E-state index is 13.8. The molecule has 1 saturated carbocycles. The first-order valence-corrected chi connectivity index (χ1v) is 17.7. The van der Waals surface area contributed by atoms with Crippen molar-refractivity contribution in [2.24, 2.45) is 0 Å². The van der Waals surface area contributed by atoms with Gasteiger partial charge in [0.15, 0.2) is 0 Å². The zero-order valence-electron chi connectivity index (χ0n) is 27.5. The minimum atomic E-state index is -4.60. The van der Waals surface area contributed by atoms with Crippen LogP contribution in [-0.4, -0.2) is 103 Å². The Morgan fingerprint density at radius 2 is 1.66 bits per heavy atom. The number of rotatable bonds is 12. The summed E-state index contributed by atoms with van der Waals surface area (Å²) in [6.07, 6.45) is -3.17. The normalized spacial score (nSPS) is 15.7. The number of piperazine rings is 1. The maximum atomic E-state index is 13.8. The van der Waals surface area contributed by atoms with Crippen LogP contribution in [0.2, 0.25) is 5.02 Å². The van der Waals surface area contributed by atoms with E-state index in [1.165, 1.54) is 0 Å². The van der Waals surface area contributed by atoms with Crippen molar-refractivity contribution in [3.8, 4) is 0 Å². The third kappa shape index (κ3) is 8.35. The number of allylic oxidation sites excluding steroid dienone is 2. The van der Waals surface area contributed by atoms with Gasteiger partial charge in [0, 0.05) is 46.0 Å². The molecule has 3 aromatic rings. The smallest absolute Gasteiger partial charge is 0.378 e. The van der Waals surface area contributed by atoms with Crippen molar-refractivity contribution < 1.29 is 36.0 Å². The highest BCUT2D eigenvalue weighted by Crippen LogP contribution is 2.34. The number of nitrogens with zero attached hydrogens (tertiary/aromatic N) is 5. The Morgan fingerprint density at radius 3 is 2.24 bits per heavy atom. The second kappa shape index (κ2) is 14.6. The molecular formula is C31H37ClF3N9O5S. The van der Waals surface area contributed by atoms with E-state index in [-0.39, 0.29) is 72.7 Å². The molecule has 270 valence electrons. The fourth-order valence-electron chi connectivity index (χ4n) is 5.26. The molecule has 1 saturated heterocycles. The van der Waals surface area contributed by atoms with E-state index in [0.29, 0.717) is 24.5 Å². The number of para-hydroxylation sites is 1. The lowest BCUT2D eigenvalue weighted by molar-refractivity contribution is -0.137. The van der Waals surface area contributed by atoms with Gasteiger partial charge in [0.1, 0.15) is 5.70 Å². The van der Waals surface area contributed by atoms with Crippen LogP contribution in [0.4, 0.5) is 30.5 Å². The van der Waals surface area contributed by atoms with Gasteiger partial charge >= 0.3 is 12.1 Å². The van der Waals surface area contributed by atoms with E-state index in [1.54, 1.807) is 60.0 Å². The van der Waals surface area contributed by atoms with Crippen molar-refractivity contribution in [1.29, 1.82) is 0 Å². The number of H-pyrrole nitrogens is 1. The first-order valence-electron chi connectivity index (χ1n) is 15.7. The molecule has 1 aromatic heterocycles. The lowest BCUT2D eigenvalue weighted by atomic mass is 10.1. The van der Waals surface area contributed by atoms with E-state index in [9.17, 15) is 36.0 Å². The number of carbonyl (C=O) groups is 3. The number of aromatic amines is 1. The minimum absolute atomic E-state index is 0.0113. The number of halogens is 4. The quantitative estimate of drug-likeness (QED) is 0.202. The fourth-order valence-corrected chi connectivity index (χ4v) is 6.90. The largest absolute Gasteiger partial charge is 0.416 e. The standard InChI is InChI=1S/C31H37ClF3N9O5S/c1-4-23(36-18-26(45)37-25-12-9-19(17-22(25)32)31(33,34)35)27(29(47)44-38-30(39-44)41(2)3)42-13-15-43(16-14-42)28(46)21-7-5-6-8-24(21)40-50(48,49)20-10-11-20/h5-9,12,17,20,36,40H,4,10-11,13-16,18H2,1-3H3,(H,37,45)(H,38,39)/b27-23+. The summed E-state index contributed by atoms with van der Waals surface area (Å²) in [7, 11) is -0.109. The molecule has 0 bridgehead atoms. The van der Waals surface area contributed by atoms with E-state index in [2.05, 4.69) is 25.6 Å². The molecule has 4 N–H and O–H groups in total. The maximum Gasteiger partial charge on any atom is 0.416 e. The number of hydrogen-bond acceptors (Lipinski definition) is 9. The van der Waals surface area contributed by atoms with Gasteiger partial charge in [-0.3, -0.25) is 19.1 Å². The minimum Gasteiger partial charge on any atom is -0.378 e. The molecule has 50 heavy (non-hydrogen) atoms. The highest BCUT2D eigenvalue weighted by Gasteiger charge is 2.37. The molecule has 2 aliphatic rings. The number of aromatic nitrogens is 3. The van der Waals surface area contributed by atoms with E-state index in [1.807, 2.05) is 0 Å². The van der Waals surface area contributed by atoms with Gasteiger partial charge in [0.05, 0.1) is 39.3 Å². The Kier molecular flexibility index (Phi) is 10.7. The van der Waals surface area contributed by atoms with Crippen molar-refractivity contribution in [2.45, 2.75) is 37.6 Å². The van der Waals surface area contributed by atoms with Crippen molar-refractivity contribution in [1.82, 2.24) is 30.1 Å². The molecule has 0 unspecified atom stereocenters. The summed E-state index contributed by atoms with van der Waals surface area (Å²) in [5.41, 5.74) is 0.0339. The first kappa shape index (κ1) is 36.6. The van der Waals surface area contributed by atoms with Crippen LogP contribution in [0.25, 0.3) is 0 Å². The van der Waals surface area contributed by atoms with E-state index in [0.717, 1.165) is 23.0 Å². The molecule has 14 nitrogen and oxygen atoms in total. The van der Waals surface area contributed by atoms with E-state index < -0.39 is 38.8 Å². The molecule has 0 radical (unpaired) electrons. The number of carbonyl (C=O) groups excluding carboxylic acids is 3. The molecule has 2 amide bonds. The lowest BCUT2D eigenvalue weighted by Gasteiger charge is -2.38. The van der Waals surface area contributed by atoms with Gasteiger partial charge in [0.2, 0.25) is 21.9 Å². The van der Waals surface area contributed by atoms with Crippen LogP contribution in [0, 0.1) is 0 Å². The summed E-state index contributed by atoms with van der Waals surface area (Å²) in [6.45, 7) is 2.27. The predicted octanol–water partition coefficient (Wildman–Crippen LogP) is 3.80. The average molecular weight is 740 g/mol. The van der Waals surface area contributed by atoms with Gasteiger partial charge < -0.3 is 25.3 Å². The number of alkyl halides is 3. The van der Waals surface area contributed by atoms with Gasteiger partial charge in [-0.1, -0.05) is 30.7 Å². The highest BCUT2D eigenvalue weighted by molar-refractivity contribution is 7.93. The van der Waals surface area contributed by atoms with Gasteiger partial charge in [-0.2, -0.15) is 13.2 Å². The topological polar surface area (TPSA) is 165 Å². The Bertz CT molecular complexity index is 1880. The Hall–Kier alpha value is -4.71. The number of hydrogen-bond donors (Lipinski definition) is 4. The second-order valence-electron chi connectivity index (χ2n) is 12.0. The zero-order chi connectivity index (χ0) is 36.4. The monoisotopic (exact) mass is 739 g/mol. The molecule has 5 rings (SSSR count). The van der Waals surface area contributed by atoms with Crippen LogP contribution in [0.3, 0.4) is 0 Å². The van der Waals surface area contributed by atoms with Crippen LogP contribution in [0.1, 0.15) is 46.9 Å². The first-order chi connectivity index (χ1) is 23.6. The summed E-state index contributed by atoms with van der Waals surface area (Å²) in [5.74, 6) is -1.06. The predicted molar refractivity (Wildman–Crippen MR) is 181 cm³/mol. The van der Waals surface area contributed by atoms with Gasteiger partial charge in [-0.25, -0.2) is 13.5 Å². The zero-order valence-corrected chi connectivity index (χ0v) is 29.0. The SMILES string of the molecule is CC/C(NCC(=O)Nc1ccc(C(F)(F)F)cc1Cl)=C(/C(=O)n1nc(N(C)C)[nH]1)N1CCN(C(=O)c2ccccc2NS(=O)(=O)C2CC2)CC1. The molecule has 2 heterocycles. The van der Waals surface area contributed by atoms with E-state index >= 15 is 0 Å². The number of benzene rings is 2. The molecule has 0 atom stereocenters. The summed E-state index contributed by atoms with van der Waals surface area (Å²) >= 11 is 6.00. The summed E-state index contributed by atoms with van der Waals surface area (Å²) in [5, 5.41) is 11.8. The van der Waals surface area contributed by atoms with Crippen LogP contribution < -0.4 is 20.3 Å². The Balaban J connectivity index is 1.32. The summed E-state index contributed by atoms with van der Waals surface area (Å²) < 4.78 is 66.9. The van der Waals surface area contributed by atoms with Crippen LogP contribution in [0.5, 0.6) is 0 Å². The van der Waals surface area contributed by atoms with Crippen LogP contribution in [0.15, 0.2) is 53.9 Å². The average Bonchev–Trinajstić information content (AvgIpc) is 3.89. The van der Waals surface area contributed by atoms with E-state index in [4.69, 9.17) is 11.6 Å². The van der Waals surface area contributed by atoms with Crippen LogP contribution in [-0.2, 0) is 21.0 Å². The van der Waals surface area contributed by atoms with Crippen molar-refractivity contribution in [3.05, 3.63) is 70.0 Å². The Labute approximate surface area is 291 Å². The third-order valence-electron chi connectivity index (χ3n) is 8.15. The highest BCUT2D eigenvalue weighted by atomic mass is 35.5. The summed E-state index contributed by atoms with van der Waals surface area (Å²) in [4.78, 5) is 46.3. The third-order valence-corrected chi connectivity index (χ3v) is 10.3. The number of nitrogens with one attached hydrogen (secondary N) is 4. The Morgan fingerprint density at radius 1 is 1.02 bits per heavy atom. The molecule has 2 aromatic carbocycles. The van der Waals surface area contributed by atoms with Crippen molar-refractivity contribution in [2.75, 3.05) is 61.8 Å². The van der Waals surface area contributed by atoms with Crippen LogP contribution >= 0.6 is 11.6 Å². The molecular weight excluding hydrogens is 703 g/mol. The molecule has 2 fully saturated rings. The number of sulfonamides is 1. The lowest BCUT2D eigenvalue weighted by Crippen LogP contribution is -2.51. The van der Waals surface area contributed by atoms with Crippen molar-refractivity contribution in [3.63, 3.8) is 0 Å². The summed E-state index contributed by atoms with van der Waals surface area (Å²) in [6, 6.07) is 9.00. The van der Waals surface area contributed by atoms with Crippen molar-refractivity contribution >= 4 is 56.7 Å². The second-order valence-corrected chi connectivity index (χ2v) is 14.4. The fraction of sp³-hybridized carbons (Fsp3) is 0.419. The number of amides is 2. The van der Waals surface area contributed by atoms with Gasteiger partial charge in [-0.15, -0.1) is 9.90 Å². The molecule has 1 aliphatic carbocycles. The molecule has 1 aliphatic heterocycles. The molecule has 19 heteroatoms. The van der Waals surface area contributed by atoms with Gasteiger partial charge in [-0.05, 0) is 49.6 Å².